The van der Waals surface area contributed by atoms with Crippen molar-refractivity contribution in [2.75, 3.05) is 16.8 Å². The van der Waals surface area contributed by atoms with E-state index < -0.39 is 0 Å². The lowest BCUT2D eigenvalue weighted by atomic mass is 10.0. The van der Waals surface area contributed by atoms with Crippen LogP contribution < -0.4 is 10.2 Å². The zero-order valence-corrected chi connectivity index (χ0v) is 15.7. The van der Waals surface area contributed by atoms with Crippen molar-refractivity contribution in [3.8, 4) is 0 Å². The molecular formula is C22H26N2O2. The highest BCUT2D eigenvalue weighted by atomic mass is 16.2. The van der Waals surface area contributed by atoms with E-state index in [-0.39, 0.29) is 11.8 Å². The molecular weight excluding hydrogens is 324 g/mol. The quantitative estimate of drug-likeness (QED) is 0.887. The number of anilines is 2. The second kappa shape index (κ2) is 7.73. The minimum absolute atomic E-state index is 0.0250. The first-order chi connectivity index (χ1) is 12.4. The van der Waals surface area contributed by atoms with Gasteiger partial charge in [-0.15, -0.1) is 0 Å². The molecule has 4 nitrogen and oxygen atoms in total. The highest BCUT2D eigenvalue weighted by molar-refractivity contribution is 5.96. The first-order valence-electron chi connectivity index (χ1n) is 9.21. The SMILES string of the molecule is CC(=O)N1CCc2cc(NC(=O)Cc3ccc(CC(C)C)cc3)ccc21. The van der Waals surface area contributed by atoms with Crippen LogP contribution in [0.3, 0.4) is 0 Å². The molecule has 3 rings (SSSR count). The number of nitrogens with zero attached hydrogens (tertiary/aromatic N) is 1. The van der Waals surface area contributed by atoms with Gasteiger partial charge < -0.3 is 10.2 Å². The van der Waals surface area contributed by atoms with Crippen LogP contribution in [-0.4, -0.2) is 18.4 Å². The first kappa shape index (κ1) is 18.2. The van der Waals surface area contributed by atoms with Gasteiger partial charge in [0, 0.05) is 24.8 Å². The Balaban J connectivity index is 1.61. The normalized spacial score (nSPS) is 13.0. The molecule has 1 heterocycles. The van der Waals surface area contributed by atoms with E-state index in [1.165, 1.54) is 5.56 Å². The molecule has 1 aliphatic heterocycles. The third kappa shape index (κ3) is 4.31. The van der Waals surface area contributed by atoms with E-state index in [1.807, 2.05) is 30.3 Å². The summed E-state index contributed by atoms with van der Waals surface area (Å²) in [6, 6.07) is 14.0. The molecule has 1 N–H and O–H groups in total. The second-order valence-electron chi connectivity index (χ2n) is 7.40. The summed E-state index contributed by atoms with van der Waals surface area (Å²) in [5.74, 6) is 0.660. The van der Waals surface area contributed by atoms with E-state index in [0.717, 1.165) is 35.3 Å². The number of fused-ring (bicyclic) bond motifs is 1. The number of amides is 2. The Morgan fingerprint density at radius 1 is 1.08 bits per heavy atom. The Hall–Kier alpha value is -2.62. The average Bonchev–Trinajstić information content (AvgIpc) is 2.99. The predicted octanol–water partition coefficient (Wildman–Crippen LogP) is 3.98. The van der Waals surface area contributed by atoms with E-state index in [2.05, 4.69) is 31.3 Å². The van der Waals surface area contributed by atoms with Crippen LogP contribution in [-0.2, 0) is 28.9 Å². The van der Waals surface area contributed by atoms with Gasteiger partial charge in [0.15, 0.2) is 0 Å². The third-order valence-electron chi connectivity index (χ3n) is 4.67. The van der Waals surface area contributed by atoms with Crippen LogP contribution in [0.25, 0.3) is 0 Å². The molecule has 0 unspecified atom stereocenters. The van der Waals surface area contributed by atoms with Gasteiger partial charge in [-0.05, 0) is 53.6 Å². The zero-order valence-electron chi connectivity index (χ0n) is 15.7. The van der Waals surface area contributed by atoms with Crippen LogP contribution in [0.4, 0.5) is 11.4 Å². The molecule has 26 heavy (non-hydrogen) atoms. The molecule has 0 bridgehead atoms. The minimum Gasteiger partial charge on any atom is -0.326 e. The molecule has 0 spiro atoms. The molecule has 2 aromatic carbocycles. The van der Waals surface area contributed by atoms with Crippen LogP contribution in [0.5, 0.6) is 0 Å². The summed E-state index contributed by atoms with van der Waals surface area (Å²) in [6.07, 6.45) is 2.24. The van der Waals surface area contributed by atoms with Gasteiger partial charge >= 0.3 is 0 Å². The van der Waals surface area contributed by atoms with E-state index in [0.29, 0.717) is 18.9 Å². The van der Waals surface area contributed by atoms with Crippen LogP contribution in [0.2, 0.25) is 0 Å². The number of carbonyl (C=O) groups excluding carboxylic acids is 2. The highest BCUT2D eigenvalue weighted by Gasteiger charge is 2.22. The monoisotopic (exact) mass is 350 g/mol. The maximum atomic E-state index is 12.3. The van der Waals surface area contributed by atoms with Gasteiger partial charge in [0.2, 0.25) is 11.8 Å². The van der Waals surface area contributed by atoms with Gasteiger partial charge in [-0.3, -0.25) is 9.59 Å². The number of rotatable bonds is 5. The zero-order chi connectivity index (χ0) is 18.7. The molecule has 4 heteroatoms. The standard InChI is InChI=1S/C22H26N2O2/c1-15(2)12-17-4-6-18(7-5-17)13-22(26)23-20-8-9-21-19(14-20)10-11-24(21)16(3)25/h4-9,14-15H,10-13H2,1-3H3,(H,23,26). The minimum atomic E-state index is -0.0250. The van der Waals surface area contributed by atoms with Crippen molar-refractivity contribution in [3.05, 3.63) is 59.2 Å². The number of nitrogens with one attached hydrogen (secondary N) is 1. The summed E-state index contributed by atoms with van der Waals surface area (Å²) in [7, 11) is 0. The first-order valence-corrected chi connectivity index (χ1v) is 9.21. The fraction of sp³-hybridized carbons (Fsp3) is 0.364. The molecule has 0 aliphatic carbocycles. The molecule has 0 radical (unpaired) electrons. The molecule has 0 atom stereocenters. The van der Waals surface area contributed by atoms with E-state index in [1.54, 1.807) is 11.8 Å². The summed E-state index contributed by atoms with van der Waals surface area (Å²) in [4.78, 5) is 25.7. The maximum absolute atomic E-state index is 12.3. The molecule has 0 saturated heterocycles. The van der Waals surface area contributed by atoms with Gasteiger partial charge in [-0.1, -0.05) is 38.1 Å². The molecule has 0 fully saturated rings. The fourth-order valence-corrected chi connectivity index (χ4v) is 3.46. The van der Waals surface area contributed by atoms with Crippen molar-refractivity contribution >= 4 is 23.2 Å². The van der Waals surface area contributed by atoms with Crippen molar-refractivity contribution in [2.45, 2.75) is 40.0 Å². The topological polar surface area (TPSA) is 49.4 Å². The van der Waals surface area contributed by atoms with Gasteiger partial charge in [0.25, 0.3) is 0 Å². The predicted molar refractivity (Wildman–Crippen MR) is 105 cm³/mol. The third-order valence-corrected chi connectivity index (χ3v) is 4.67. The van der Waals surface area contributed by atoms with Crippen LogP contribution in [0.1, 0.15) is 37.5 Å². The largest absolute Gasteiger partial charge is 0.326 e. The Kier molecular flexibility index (Phi) is 5.40. The number of carbonyl (C=O) groups is 2. The van der Waals surface area contributed by atoms with Crippen molar-refractivity contribution < 1.29 is 9.59 Å². The second-order valence-corrected chi connectivity index (χ2v) is 7.40. The summed E-state index contributed by atoms with van der Waals surface area (Å²) in [5.41, 5.74) is 5.17. The van der Waals surface area contributed by atoms with Crippen LogP contribution in [0.15, 0.2) is 42.5 Å². The average molecular weight is 350 g/mol. The Bertz CT molecular complexity index is 809. The summed E-state index contributed by atoms with van der Waals surface area (Å²) in [6.45, 7) is 6.70. The van der Waals surface area contributed by atoms with Gasteiger partial charge in [-0.25, -0.2) is 0 Å². The number of hydrogen-bond acceptors (Lipinski definition) is 2. The Morgan fingerprint density at radius 3 is 2.42 bits per heavy atom. The summed E-state index contributed by atoms with van der Waals surface area (Å²) >= 11 is 0. The molecule has 136 valence electrons. The number of hydrogen-bond donors (Lipinski definition) is 1. The molecule has 2 aromatic rings. The lowest BCUT2D eigenvalue weighted by Crippen LogP contribution is -2.25. The molecule has 0 saturated carbocycles. The van der Waals surface area contributed by atoms with Gasteiger partial charge in [0.05, 0.1) is 6.42 Å². The lowest BCUT2D eigenvalue weighted by Gasteiger charge is -2.15. The van der Waals surface area contributed by atoms with E-state index in [4.69, 9.17) is 0 Å². The van der Waals surface area contributed by atoms with Gasteiger partial charge in [-0.2, -0.15) is 0 Å². The van der Waals surface area contributed by atoms with Crippen LogP contribution in [0, 0.1) is 5.92 Å². The van der Waals surface area contributed by atoms with Crippen molar-refractivity contribution in [2.24, 2.45) is 5.92 Å². The molecule has 0 aromatic heterocycles. The lowest BCUT2D eigenvalue weighted by molar-refractivity contribution is -0.117. The van der Waals surface area contributed by atoms with Crippen molar-refractivity contribution in [3.63, 3.8) is 0 Å². The fourth-order valence-electron chi connectivity index (χ4n) is 3.46. The molecule has 1 aliphatic rings. The molecule has 2 amide bonds. The Labute approximate surface area is 155 Å². The number of benzene rings is 2. The van der Waals surface area contributed by atoms with Crippen LogP contribution >= 0.6 is 0 Å². The van der Waals surface area contributed by atoms with E-state index in [9.17, 15) is 9.59 Å². The summed E-state index contributed by atoms with van der Waals surface area (Å²) in [5, 5.41) is 2.97. The smallest absolute Gasteiger partial charge is 0.228 e. The van der Waals surface area contributed by atoms with Gasteiger partial charge in [0.1, 0.15) is 0 Å². The van der Waals surface area contributed by atoms with E-state index >= 15 is 0 Å². The van der Waals surface area contributed by atoms with Crippen molar-refractivity contribution in [1.82, 2.24) is 0 Å². The highest BCUT2D eigenvalue weighted by Crippen LogP contribution is 2.30. The summed E-state index contributed by atoms with van der Waals surface area (Å²) < 4.78 is 0. The van der Waals surface area contributed by atoms with Crippen molar-refractivity contribution in [1.29, 1.82) is 0 Å². The maximum Gasteiger partial charge on any atom is 0.228 e. The Morgan fingerprint density at radius 2 is 1.77 bits per heavy atom.